The second-order valence-corrected chi connectivity index (χ2v) is 5.59. The van der Waals surface area contributed by atoms with Gasteiger partial charge in [-0.15, -0.1) is 0 Å². The third kappa shape index (κ3) is 6.06. The van der Waals surface area contributed by atoms with E-state index in [2.05, 4.69) is 6.92 Å². The van der Waals surface area contributed by atoms with Crippen LogP contribution >= 0.6 is 0 Å². The van der Waals surface area contributed by atoms with Crippen molar-refractivity contribution in [1.29, 1.82) is 0 Å². The Hall–Kier alpha value is -0.570. The molecule has 100 valence electrons. The highest BCUT2D eigenvalue weighted by molar-refractivity contribution is 5.69. The molecule has 2 aliphatic carbocycles. The maximum atomic E-state index is 10.5. The normalized spacial score (nSPS) is 30.2. The molecule has 0 saturated heterocycles. The number of rotatable bonds is 1. The van der Waals surface area contributed by atoms with Crippen LogP contribution < -0.4 is 0 Å². The van der Waals surface area contributed by atoms with E-state index in [0.717, 1.165) is 44.4 Å². The molecular formula is C14H26O3. The lowest BCUT2D eigenvalue weighted by atomic mass is 9.83. The van der Waals surface area contributed by atoms with Crippen LogP contribution in [0.1, 0.15) is 64.7 Å². The third-order valence-corrected chi connectivity index (χ3v) is 3.94. The number of carbonyl (C=O) groups is 1. The smallest absolute Gasteiger partial charge is 0.306 e. The first-order chi connectivity index (χ1) is 8.09. The molecule has 2 rings (SSSR count). The Bertz CT molecular complexity index is 214. The molecule has 0 aromatic carbocycles. The van der Waals surface area contributed by atoms with Crippen molar-refractivity contribution in [3.05, 3.63) is 0 Å². The number of aliphatic hydroxyl groups is 1. The van der Waals surface area contributed by atoms with Crippen molar-refractivity contribution in [2.45, 2.75) is 70.8 Å². The van der Waals surface area contributed by atoms with Crippen LogP contribution in [0.4, 0.5) is 0 Å². The summed E-state index contributed by atoms with van der Waals surface area (Å²) in [6, 6.07) is 0. The quantitative estimate of drug-likeness (QED) is 0.742. The standard InChI is InChI=1S/C8H14O2.C6H12O/c1-6-2-4-7(5-3-6)8(9)10;7-6-4-2-1-3-5-6/h6-7H,2-5H2,1H3,(H,9,10);6-7H,1-5H2. The zero-order chi connectivity index (χ0) is 12.7. The van der Waals surface area contributed by atoms with Gasteiger partial charge in [0.05, 0.1) is 12.0 Å². The fraction of sp³-hybridized carbons (Fsp3) is 0.929. The first-order valence-corrected chi connectivity index (χ1v) is 7.00. The van der Waals surface area contributed by atoms with Crippen molar-refractivity contribution in [1.82, 2.24) is 0 Å². The van der Waals surface area contributed by atoms with E-state index in [4.69, 9.17) is 10.2 Å². The van der Waals surface area contributed by atoms with Crippen LogP contribution in [0.15, 0.2) is 0 Å². The van der Waals surface area contributed by atoms with Crippen LogP contribution in [0.2, 0.25) is 0 Å². The van der Waals surface area contributed by atoms with Crippen molar-refractivity contribution in [3.63, 3.8) is 0 Å². The summed E-state index contributed by atoms with van der Waals surface area (Å²) in [5.41, 5.74) is 0. The Morgan fingerprint density at radius 3 is 1.82 bits per heavy atom. The molecule has 17 heavy (non-hydrogen) atoms. The van der Waals surface area contributed by atoms with Gasteiger partial charge in [-0.3, -0.25) is 4.79 Å². The lowest BCUT2D eigenvalue weighted by molar-refractivity contribution is -0.143. The third-order valence-electron chi connectivity index (χ3n) is 3.94. The molecule has 2 aliphatic rings. The van der Waals surface area contributed by atoms with Crippen LogP contribution in [0, 0.1) is 11.8 Å². The van der Waals surface area contributed by atoms with E-state index in [1.807, 2.05) is 0 Å². The van der Waals surface area contributed by atoms with Crippen molar-refractivity contribution >= 4 is 5.97 Å². The fourth-order valence-electron chi connectivity index (χ4n) is 2.59. The summed E-state index contributed by atoms with van der Waals surface area (Å²) in [5, 5.41) is 17.5. The first-order valence-electron chi connectivity index (χ1n) is 7.00. The summed E-state index contributed by atoms with van der Waals surface area (Å²) in [6.07, 6.45) is 9.88. The van der Waals surface area contributed by atoms with E-state index in [1.165, 1.54) is 19.3 Å². The Labute approximate surface area is 104 Å². The van der Waals surface area contributed by atoms with E-state index in [9.17, 15) is 4.79 Å². The summed E-state index contributed by atoms with van der Waals surface area (Å²) in [5.74, 6) is 0.0960. The Morgan fingerprint density at radius 1 is 0.941 bits per heavy atom. The first kappa shape index (κ1) is 14.5. The summed E-state index contributed by atoms with van der Waals surface area (Å²) in [4.78, 5) is 10.5. The predicted molar refractivity (Wildman–Crippen MR) is 67.8 cm³/mol. The minimum Gasteiger partial charge on any atom is -0.481 e. The van der Waals surface area contributed by atoms with Gasteiger partial charge in [0, 0.05) is 0 Å². The van der Waals surface area contributed by atoms with Gasteiger partial charge in [-0.1, -0.05) is 26.2 Å². The van der Waals surface area contributed by atoms with Gasteiger partial charge in [0.15, 0.2) is 0 Å². The molecule has 2 N–H and O–H groups in total. The van der Waals surface area contributed by atoms with Gasteiger partial charge in [-0.2, -0.15) is 0 Å². The molecule has 0 radical (unpaired) electrons. The Morgan fingerprint density at radius 2 is 1.47 bits per heavy atom. The van der Waals surface area contributed by atoms with Gasteiger partial charge in [0.1, 0.15) is 0 Å². The zero-order valence-electron chi connectivity index (χ0n) is 10.9. The van der Waals surface area contributed by atoms with E-state index in [-0.39, 0.29) is 12.0 Å². The monoisotopic (exact) mass is 242 g/mol. The van der Waals surface area contributed by atoms with Crippen LogP contribution in [-0.4, -0.2) is 22.3 Å². The molecule has 3 nitrogen and oxygen atoms in total. The number of hydrogen-bond donors (Lipinski definition) is 2. The molecule has 2 fully saturated rings. The molecule has 0 amide bonds. The van der Waals surface area contributed by atoms with Crippen molar-refractivity contribution in [2.75, 3.05) is 0 Å². The molecule has 0 aromatic rings. The van der Waals surface area contributed by atoms with Gasteiger partial charge < -0.3 is 10.2 Å². The van der Waals surface area contributed by atoms with E-state index in [1.54, 1.807) is 0 Å². The van der Waals surface area contributed by atoms with Crippen molar-refractivity contribution in [3.8, 4) is 0 Å². The Balaban J connectivity index is 0.000000181. The molecule has 0 bridgehead atoms. The number of aliphatic hydroxyl groups excluding tert-OH is 1. The van der Waals surface area contributed by atoms with Gasteiger partial charge in [0.2, 0.25) is 0 Å². The Kier molecular flexibility index (Phi) is 6.56. The van der Waals surface area contributed by atoms with Crippen LogP contribution in [-0.2, 0) is 4.79 Å². The number of aliphatic carboxylic acids is 1. The van der Waals surface area contributed by atoms with E-state index >= 15 is 0 Å². The molecule has 0 spiro atoms. The van der Waals surface area contributed by atoms with Crippen LogP contribution in [0.3, 0.4) is 0 Å². The summed E-state index contributed by atoms with van der Waals surface area (Å²) < 4.78 is 0. The highest BCUT2D eigenvalue weighted by Crippen LogP contribution is 2.27. The van der Waals surface area contributed by atoms with E-state index in [0.29, 0.717) is 0 Å². The lowest BCUT2D eigenvalue weighted by Crippen LogP contribution is -2.19. The molecule has 0 unspecified atom stereocenters. The predicted octanol–water partition coefficient (Wildman–Crippen LogP) is 3.21. The minimum absolute atomic E-state index is 0.0359. The molecule has 0 atom stereocenters. The van der Waals surface area contributed by atoms with Crippen LogP contribution in [0.5, 0.6) is 0 Å². The van der Waals surface area contributed by atoms with Gasteiger partial charge >= 0.3 is 5.97 Å². The number of hydrogen-bond acceptors (Lipinski definition) is 2. The SMILES string of the molecule is CC1CCC(C(=O)O)CC1.OC1CCCCC1. The number of carboxylic acids is 1. The summed E-state index contributed by atoms with van der Waals surface area (Å²) >= 11 is 0. The zero-order valence-corrected chi connectivity index (χ0v) is 10.9. The van der Waals surface area contributed by atoms with Crippen molar-refractivity contribution < 1.29 is 15.0 Å². The largest absolute Gasteiger partial charge is 0.481 e. The molecule has 2 saturated carbocycles. The highest BCUT2D eigenvalue weighted by Gasteiger charge is 2.23. The average Bonchev–Trinajstić information content (AvgIpc) is 2.31. The van der Waals surface area contributed by atoms with Gasteiger partial charge in [-0.25, -0.2) is 0 Å². The van der Waals surface area contributed by atoms with E-state index < -0.39 is 5.97 Å². The molecule has 0 aromatic heterocycles. The fourth-order valence-corrected chi connectivity index (χ4v) is 2.59. The van der Waals surface area contributed by atoms with Crippen LogP contribution in [0.25, 0.3) is 0 Å². The van der Waals surface area contributed by atoms with Crippen molar-refractivity contribution in [2.24, 2.45) is 11.8 Å². The molecule has 3 heteroatoms. The van der Waals surface area contributed by atoms with Gasteiger partial charge in [0.25, 0.3) is 0 Å². The topological polar surface area (TPSA) is 57.5 Å². The summed E-state index contributed by atoms with van der Waals surface area (Å²) in [7, 11) is 0. The average molecular weight is 242 g/mol. The molecule has 0 aliphatic heterocycles. The highest BCUT2D eigenvalue weighted by atomic mass is 16.4. The van der Waals surface area contributed by atoms with Gasteiger partial charge in [-0.05, 0) is 44.4 Å². The molecule has 0 heterocycles. The lowest BCUT2D eigenvalue weighted by Gasteiger charge is -2.22. The maximum Gasteiger partial charge on any atom is 0.306 e. The second kappa shape index (κ2) is 7.70. The number of carboxylic acid groups (broad SMARTS) is 1. The maximum absolute atomic E-state index is 10.5. The minimum atomic E-state index is -0.605. The summed E-state index contributed by atoms with van der Waals surface area (Å²) in [6.45, 7) is 2.19. The molecular weight excluding hydrogens is 216 g/mol. The second-order valence-electron chi connectivity index (χ2n) is 5.59.